The van der Waals surface area contributed by atoms with E-state index in [1.54, 1.807) is 17.6 Å². The molecule has 0 aliphatic carbocycles. The molecule has 1 aromatic carbocycles. The van der Waals surface area contributed by atoms with Gasteiger partial charge in [-0.1, -0.05) is 17.7 Å². The van der Waals surface area contributed by atoms with Gasteiger partial charge in [-0.3, -0.25) is 14.6 Å². The van der Waals surface area contributed by atoms with Gasteiger partial charge in [0.15, 0.2) is 5.82 Å². The summed E-state index contributed by atoms with van der Waals surface area (Å²) >= 11 is 0. The number of anilines is 1. The van der Waals surface area contributed by atoms with Crippen LogP contribution in [-0.4, -0.2) is 30.1 Å². The third-order valence-electron chi connectivity index (χ3n) is 4.56. The molecule has 0 radical (unpaired) electrons. The number of carbonyl (C=O) groups is 1. The number of fused-ring (bicyclic) bond motifs is 1. The van der Waals surface area contributed by atoms with Crippen molar-refractivity contribution in [3.8, 4) is 17.5 Å². The Morgan fingerprint density at radius 2 is 1.93 bits per heavy atom. The SMILES string of the molecule is Cc1ccc(NC(=O)Cn2c(C)cc(=O)n3nc(-c4cncc(C#N)c4)nc23)cc1. The number of benzene rings is 1. The maximum Gasteiger partial charge on any atom is 0.275 e. The monoisotopic (exact) mass is 399 g/mol. The van der Waals surface area contributed by atoms with Gasteiger partial charge in [0.25, 0.3) is 5.56 Å². The fraction of sp³-hybridized carbons (Fsp3) is 0.143. The summed E-state index contributed by atoms with van der Waals surface area (Å²) in [5.41, 5.74) is 2.86. The highest BCUT2D eigenvalue weighted by Gasteiger charge is 2.16. The van der Waals surface area contributed by atoms with Gasteiger partial charge in [-0.25, -0.2) is 0 Å². The fourth-order valence-corrected chi connectivity index (χ4v) is 3.02. The summed E-state index contributed by atoms with van der Waals surface area (Å²) in [6.07, 6.45) is 2.94. The van der Waals surface area contributed by atoms with Crippen LogP contribution in [0.5, 0.6) is 0 Å². The zero-order chi connectivity index (χ0) is 21.3. The number of pyridine rings is 1. The topological polar surface area (TPSA) is 118 Å². The molecule has 0 saturated heterocycles. The van der Waals surface area contributed by atoms with E-state index in [1.807, 2.05) is 37.3 Å². The Morgan fingerprint density at radius 1 is 1.17 bits per heavy atom. The molecule has 4 aromatic rings. The smallest absolute Gasteiger partial charge is 0.275 e. The van der Waals surface area contributed by atoms with Crippen molar-refractivity contribution in [2.75, 3.05) is 5.32 Å². The summed E-state index contributed by atoms with van der Waals surface area (Å²) in [6.45, 7) is 3.65. The van der Waals surface area contributed by atoms with Crippen molar-refractivity contribution in [1.29, 1.82) is 5.26 Å². The van der Waals surface area contributed by atoms with E-state index in [-0.39, 0.29) is 29.6 Å². The molecule has 3 heterocycles. The number of aryl methyl sites for hydroxylation is 2. The Kier molecular flexibility index (Phi) is 4.82. The number of amides is 1. The molecule has 0 fully saturated rings. The van der Waals surface area contributed by atoms with Crippen LogP contribution in [0.2, 0.25) is 0 Å². The number of nitrogens with one attached hydrogen (secondary N) is 1. The first kappa shape index (κ1) is 19.0. The lowest BCUT2D eigenvalue weighted by atomic mass is 10.2. The van der Waals surface area contributed by atoms with E-state index in [2.05, 4.69) is 20.4 Å². The standard InChI is InChI=1S/C21H17N7O2/c1-13-3-5-17(6-4-13)24-18(29)12-27-14(2)7-19(30)28-21(27)25-20(26-28)16-8-15(9-22)10-23-11-16/h3-8,10-11H,12H2,1-2H3,(H,24,29). The molecule has 0 aliphatic rings. The van der Waals surface area contributed by atoms with Crippen LogP contribution >= 0.6 is 0 Å². The van der Waals surface area contributed by atoms with Gasteiger partial charge in [0, 0.05) is 35.4 Å². The number of hydrogen-bond donors (Lipinski definition) is 1. The molecule has 0 saturated carbocycles. The van der Waals surface area contributed by atoms with Crippen molar-refractivity contribution in [2.24, 2.45) is 0 Å². The second-order valence-corrected chi connectivity index (χ2v) is 6.85. The molecule has 0 unspecified atom stereocenters. The van der Waals surface area contributed by atoms with Gasteiger partial charge in [0.2, 0.25) is 11.7 Å². The molecule has 148 valence electrons. The summed E-state index contributed by atoms with van der Waals surface area (Å²) < 4.78 is 2.75. The van der Waals surface area contributed by atoms with Crippen LogP contribution in [0.25, 0.3) is 17.2 Å². The van der Waals surface area contributed by atoms with E-state index in [4.69, 9.17) is 5.26 Å². The Balaban J connectivity index is 1.71. The van der Waals surface area contributed by atoms with Crippen LogP contribution in [0.4, 0.5) is 5.69 Å². The van der Waals surface area contributed by atoms with Crippen LogP contribution in [0.15, 0.2) is 53.6 Å². The van der Waals surface area contributed by atoms with Crippen molar-refractivity contribution in [3.63, 3.8) is 0 Å². The maximum absolute atomic E-state index is 12.6. The molecule has 0 spiro atoms. The Bertz CT molecular complexity index is 1360. The fourth-order valence-electron chi connectivity index (χ4n) is 3.02. The molecule has 3 aromatic heterocycles. The average molecular weight is 399 g/mol. The molecule has 1 N–H and O–H groups in total. The van der Waals surface area contributed by atoms with Crippen LogP contribution in [0.3, 0.4) is 0 Å². The normalized spacial score (nSPS) is 10.7. The number of nitriles is 1. The van der Waals surface area contributed by atoms with E-state index in [1.165, 1.54) is 18.5 Å². The molecule has 30 heavy (non-hydrogen) atoms. The quantitative estimate of drug-likeness (QED) is 0.561. The number of hydrogen-bond acceptors (Lipinski definition) is 6. The number of rotatable bonds is 4. The number of nitrogens with zero attached hydrogens (tertiary/aromatic N) is 6. The average Bonchev–Trinajstić information content (AvgIpc) is 3.19. The molecule has 0 aliphatic heterocycles. The molecule has 1 amide bonds. The van der Waals surface area contributed by atoms with Crippen LogP contribution in [-0.2, 0) is 11.3 Å². The third kappa shape index (κ3) is 3.66. The van der Waals surface area contributed by atoms with Gasteiger partial charge in [-0.05, 0) is 32.0 Å². The van der Waals surface area contributed by atoms with E-state index >= 15 is 0 Å². The first-order chi connectivity index (χ1) is 14.4. The molecule has 4 rings (SSSR count). The molecule has 0 atom stereocenters. The molecule has 9 nitrogen and oxygen atoms in total. The second kappa shape index (κ2) is 7.60. The summed E-state index contributed by atoms with van der Waals surface area (Å²) in [5, 5.41) is 16.2. The molecule has 9 heteroatoms. The van der Waals surface area contributed by atoms with Crippen LogP contribution in [0.1, 0.15) is 16.8 Å². The number of aromatic nitrogens is 5. The first-order valence-electron chi connectivity index (χ1n) is 9.14. The van der Waals surface area contributed by atoms with Crippen LogP contribution < -0.4 is 10.9 Å². The van der Waals surface area contributed by atoms with Crippen molar-refractivity contribution >= 4 is 17.4 Å². The van der Waals surface area contributed by atoms with E-state index in [0.29, 0.717) is 22.5 Å². The zero-order valence-electron chi connectivity index (χ0n) is 16.3. The van der Waals surface area contributed by atoms with Crippen molar-refractivity contribution in [2.45, 2.75) is 20.4 Å². The van der Waals surface area contributed by atoms with Gasteiger partial charge in [-0.15, -0.1) is 5.10 Å². The number of carbonyl (C=O) groups excluding carboxylic acids is 1. The van der Waals surface area contributed by atoms with Crippen molar-refractivity contribution in [1.82, 2.24) is 24.1 Å². The zero-order valence-corrected chi connectivity index (χ0v) is 16.3. The van der Waals surface area contributed by atoms with Gasteiger partial charge < -0.3 is 9.88 Å². The minimum atomic E-state index is -0.360. The van der Waals surface area contributed by atoms with Gasteiger partial charge in [0.1, 0.15) is 12.6 Å². The third-order valence-corrected chi connectivity index (χ3v) is 4.56. The van der Waals surface area contributed by atoms with Gasteiger partial charge in [-0.2, -0.15) is 14.8 Å². The second-order valence-electron chi connectivity index (χ2n) is 6.85. The van der Waals surface area contributed by atoms with Crippen molar-refractivity contribution < 1.29 is 4.79 Å². The maximum atomic E-state index is 12.6. The van der Waals surface area contributed by atoms with Gasteiger partial charge in [0.05, 0.1) is 5.56 Å². The Labute approximate surface area is 171 Å². The predicted molar refractivity (Wildman–Crippen MR) is 110 cm³/mol. The molecular formula is C21H17N7O2. The lowest BCUT2D eigenvalue weighted by Gasteiger charge is -2.11. The summed E-state index contributed by atoms with van der Waals surface area (Å²) in [6, 6.07) is 12.5. The highest BCUT2D eigenvalue weighted by Crippen LogP contribution is 2.17. The molecule has 0 bridgehead atoms. The highest BCUT2D eigenvalue weighted by molar-refractivity contribution is 5.90. The highest BCUT2D eigenvalue weighted by atomic mass is 16.2. The van der Waals surface area contributed by atoms with E-state index in [9.17, 15) is 9.59 Å². The summed E-state index contributed by atoms with van der Waals surface area (Å²) in [5.74, 6) is 0.219. The van der Waals surface area contributed by atoms with E-state index in [0.717, 1.165) is 10.1 Å². The van der Waals surface area contributed by atoms with Gasteiger partial charge >= 0.3 is 0 Å². The Hall–Kier alpha value is -4.32. The van der Waals surface area contributed by atoms with Crippen molar-refractivity contribution in [3.05, 3.63) is 76.0 Å². The van der Waals surface area contributed by atoms with E-state index < -0.39 is 0 Å². The molecular weight excluding hydrogens is 382 g/mol. The summed E-state index contributed by atoms with van der Waals surface area (Å²) in [7, 11) is 0. The first-order valence-corrected chi connectivity index (χ1v) is 9.14. The van der Waals surface area contributed by atoms with Crippen LogP contribution in [0, 0.1) is 25.2 Å². The largest absolute Gasteiger partial charge is 0.325 e. The minimum absolute atomic E-state index is 0.0435. The Morgan fingerprint density at radius 3 is 2.67 bits per heavy atom. The predicted octanol–water partition coefficient (Wildman–Crippen LogP) is 2.08. The minimum Gasteiger partial charge on any atom is -0.325 e. The lowest BCUT2D eigenvalue weighted by molar-refractivity contribution is -0.116. The lowest BCUT2D eigenvalue weighted by Crippen LogP contribution is -2.25. The summed E-state index contributed by atoms with van der Waals surface area (Å²) in [4.78, 5) is 33.4.